The molecule has 0 saturated carbocycles. The highest BCUT2D eigenvalue weighted by Crippen LogP contribution is 2.30. The SMILES string of the molecule is Cc1cnc(Nc2ccc(OCCCCCCC(=O)NO)c(Br)c2)nc1Nc1cccc(S(=O)(=O)NC(C)(C)C)c1. The third-order valence-electron chi connectivity index (χ3n) is 5.69. The Labute approximate surface area is 249 Å². The first kappa shape index (κ1) is 32.3. The Kier molecular flexibility index (Phi) is 11.5. The zero-order chi connectivity index (χ0) is 30.0. The number of unbranched alkanes of at least 4 members (excludes halogenated alkanes) is 3. The van der Waals surface area contributed by atoms with Crippen molar-refractivity contribution < 1.29 is 23.2 Å². The maximum absolute atomic E-state index is 12.8. The second-order valence-corrected chi connectivity index (χ2v) is 13.1. The number of anilines is 4. The molecule has 3 aromatic rings. The number of benzene rings is 2. The van der Waals surface area contributed by atoms with Crippen LogP contribution in [0, 0.1) is 6.92 Å². The first-order valence-corrected chi connectivity index (χ1v) is 15.5. The van der Waals surface area contributed by atoms with Crippen molar-refractivity contribution in [3.05, 3.63) is 58.7 Å². The van der Waals surface area contributed by atoms with Crippen LogP contribution in [0.3, 0.4) is 0 Å². The normalized spacial score (nSPS) is 11.7. The van der Waals surface area contributed by atoms with E-state index in [-0.39, 0.29) is 10.8 Å². The van der Waals surface area contributed by atoms with E-state index in [0.29, 0.717) is 36.2 Å². The van der Waals surface area contributed by atoms with Crippen molar-refractivity contribution >= 4 is 55.0 Å². The molecule has 0 aliphatic heterocycles. The molecule has 5 N–H and O–H groups in total. The molecule has 0 radical (unpaired) electrons. The number of carbonyl (C=O) groups is 1. The second kappa shape index (κ2) is 14.6. The lowest BCUT2D eigenvalue weighted by atomic mass is 10.1. The number of ether oxygens (including phenoxy) is 1. The molecule has 3 rings (SSSR count). The molecule has 222 valence electrons. The lowest BCUT2D eigenvalue weighted by molar-refractivity contribution is -0.129. The summed E-state index contributed by atoms with van der Waals surface area (Å²) in [5.41, 5.74) is 3.15. The number of aromatic nitrogens is 2. The smallest absolute Gasteiger partial charge is 0.243 e. The van der Waals surface area contributed by atoms with Gasteiger partial charge in [0.1, 0.15) is 11.6 Å². The van der Waals surface area contributed by atoms with Crippen molar-refractivity contribution in [2.75, 3.05) is 17.2 Å². The van der Waals surface area contributed by atoms with Crippen molar-refractivity contribution in [3.63, 3.8) is 0 Å². The van der Waals surface area contributed by atoms with Gasteiger partial charge in [0.15, 0.2) is 0 Å². The van der Waals surface area contributed by atoms with Crippen LogP contribution in [0.25, 0.3) is 0 Å². The fourth-order valence-electron chi connectivity index (χ4n) is 3.77. The topological polar surface area (TPSA) is 155 Å². The van der Waals surface area contributed by atoms with E-state index < -0.39 is 15.6 Å². The third-order valence-corrected chi connectivity index (χ3v) is 8.06. The van der Waals surface area contributed by atoms with Crippen LogP contribution in [-0.2, 0) is 14.8 Å². The Balaban J connectivity index is 1.60. The lowest BCUT2D eigenvalue weighted by Crippen LogP contribution is -2.40. The van der Waals surface area contributed by atoms with E-state index in [2.05, 4.69) is 41.3 Å². The Bertz CT molecular complexity index is 1450. The molecule has 13 heteroatoms. The highest BCUT2D eigenvalue weighted by atomic mass is 79.9. The molecule has 0 aliphatic rings. The highest BCUT2D eigenvalue weighted by molar-refractivity contribution is 9.10. The van der Waals surface area contributed by atoms with Crippen LogP contribution in [0.1, 0.15) is 58.4 Å². The Morgan fingerprint density at radius 1 is 1.02 bits per heavy atom. The summed E-state index contributed by atoms with van der Waals surface area (Å²) >= 11 is 3.55. The molecular weight excluding hydrogens is 612 g/mol. The van der Waals surface area contributed by atoms with Gasteiger partial charge in [0.05, 0.1) is 16.0 Å². The highest BCUT2D eigenvalue weighted by Gasteiger charge is 2.22. The van der Waals surface area contributed by atoms with Crippen LogP contribution < -0.4 is 25.6 Å². The molecule has 1 heterocycles. The minimum absolute atomic E-state index is 0.154. The Morgan fingerprint density at radius 2 is 1.76 bits per heavy atom. The lowest BCUT2D eigenvalue weighted by Gasteiger charge is -2.20. The van der Waals surface area contributed by atoms with E-state index in [1.54, 1.807) is 56.7 Å². The molecule has 11 nitrogen and oxygen atoms in total. The maximum Gasteiger partial charge on any atom is 0.243 e. The zero-order valence-electron chi connectivity index (χ0n) is 23.6. The Morgan fingerprint density at radius 3 is 2.46 bits per heavy atom. The summed E-state index contributed by atoms with van der Waals surface area (Å²) in [6, 6.07) is 12.1. The summed E-state index contributed by atoms with van der Waals surface area (Å²) in [5.74, 6) is 1.25. The van der Waals surface area contributed by atoms with Crippen molar-refractivity contribution in [2.45, 2.75) is 70.2 Å². The summed E-state index contributed by atoms with van der Waals surface area (Å²) < 4.78 is 34.8. The van der Waals surface area contributed by atoms with Gasteiger partial charge in [-0.25, -0.2) is 23.6 Å². The zero-order valence-corrected chi connectivity index (χ0v) is 26.0. The minimum Gasteiger partial charge on any atom is -0.492 e. The van der Waals surface area contributed by atoms with Crippen LogP contribution in [0.5, 0.6) is 5.75 Å². The van der Waals surface area contributed by atoms with Crippen molar-refractivity contribution in [1.82, 2.24) is 20.2 Å². The second-order valence-electron chi connectivity index (χ2n) is 10.6. The van der Waals surface area contributed by atoms with Gasteiger partial charge in [-0.2, -0.15) is 4.98 Å². The van der Waals surface area contributed by atoms with Gasteiger partial charge in [0, 0.05) is 35.1 Å². The fourth-order valence-corrected chi connectivity index (χ4v) is 5.73. The fraction of sp³-hybridized carbons (Fsp3) is 0.393. The number of hydroxylamine groups is 1. The predicted octanol–water partition coefficient (Wildman–Crippen LogP) is 5.95. The van der Waals surface area contributed by atoms with Crippen LogP contribution in [0.2, 0.25) is 0 Å². The van der Waals surface area contributed by atoms with Gasteiger partial charge in [-0.1, -0.05) is 18.9 Å². The molecule has 1 aromatic heterocycles. The van der Waals surface area contributed by atoms with E-state index in [1.165, 1.54) is 0 Å². The van der Waals surface area contributed by atoms with Gasteiger partial charge >= 0.3 is 0 Å². The summed E-state index contributed by atoms with van der Waals surface area (Å²) in [5, 5.41) is 14.9. The monoisotopic (exact) mass is 648 g/mol. The molecule has 0 spiro atoms. The van der Waals surface area contributed by atoms with Crippen LogP contribution in [0.4, 0.5) is 23.1 Å². The van der Waals surface area contributed by atoms with Gasteiger partial charge in [0.25, 0.3) is 0 Å². The third kappa shape index (κ3) is 10.6. The first-order valence-electron chi connectivity index (χ1n) is 13.2. The van der Waals surface area contributed by atoms with E-state index in [0.717, 1.165) is 41.4 Å². The molecule has 41 heavy (non-hydrogen) atoms. The molecule has 0 aliphatic carbocycles. The number of carbonyl (C=O) groups excluding carboxylic acids is 1. The largest absolute Gasteiger partial charge is 0.492 e. The number of amides is 1. The minimum atomic E-state index is -3.69. The van der Waals surface area contributed by atoms with E-state index >= 15 is 0 Å². The number of sulfonamides is 1. The quantitative estimate of drug-likeness (QED) is 0.0810. The van der Waals surface area contributed by atoms with Crippen LogP contribution >= 0.6 is 15.9 Å². The molecule has 0 fully saturated rings. The molecule has 0 bridgehead atoms. The summed E-state index contributed by atoms with van der Waals surface area (Å²) in [6.07, 6.45) is 5.37. The van der Waals surface area contributed by atoms with Gasteiger partial charge in [-0.3, -0.25) is 10.0 Å². The van der Waals surface area contributed by atoms with E-state index in [1.807, 2.05) is 25.1 Å². The van der Waals surface area contributed by atoms with E-state index in [9.17, 15) is 13.2 Å². The van der Waals surface area contributed by atoms with Gasteiger partial charge in [0.2, 0.25) is 21.9 Å². The van der Waals surface area contributed by atoms with Crippen molar-refractivity contribution in [1.29, 1.82) is 0 Å². The molecular formula is C28H37BrN6O5S. The van der Waals surface area contributed by atoms with Gasteiger partial charge in [-0.15, -0.1) is 0 Å². The summed E-state index contributed by atoms with van der Waals surface area (Å²) in [4.78, 5) is 20.1. The maximum atomic E-state index is 12.8. The van der Waals surface area contributed by atoms with Crippen molar-refractivity contribution in [2.24, 2.45) is 0 Å². The summed E-state index contributed by atoms with van der Waals surface area (Å²) in [6.45, 7) is 7.78. The first-order chi connectivity index (χ1) is 19.4. The van der Waals surface area contributed by atoms with Crippen LogP contribution in [0.15, 0.2) is 58.0 Å². The Hall–Kier alpha value is -3.26. The molecule has 1 amide bonds. The standard InChI is InChI=1S/C28H37BrN6O5S/c1-19-18-30-27(33-26(19)31-20-10-9-11-22(16-20)41(38,39)35-28(2,3)4)32-21-13-14-24(23(29)17-21)40-15-8-6-5-7-12-25(36)34-37/h9-11,13-14,16-18,35,37H,5-8,12,15H2,1-4H3,(H,34,36)(H2,30,31,32,33). The molecule has 0 saturated heterocycles. The number of aryl methyl sites for hydroxylation is 1. The number of halogens is 1. The van der Waals surface area contributed by atoms with E-state index in [4.69, 9.17) is 9.94 Å². The summed E-state index contributed by atoms with van der Waals surface area (Å²) in [7, 11) is -3.69. The molecule has 0 unspecified atom stereocenters. The van der Waals surface area contributed by atoms with Crippen molar-refractivity contribution in [3.8, 4) is 5.75 Å². The number of rotatable bonds is 14. The molecule has 2 aromatic carbocycles. The van der Waals surface area contributed by atoms with Gasteiger partial charge < -0.3 is 15.4 Å². The number of hydrogen-bond donors (Lipinski definition) is 5. The molecule has 0 atom stereocenters. The predicted molar refractivity (Wildman–Crippen MR) is 163 cm³/mol. The van der Waals surface area contributed by atoms with Crippen LogP contribution in [-0.4, -0.2) is 41.6 Å². The number of nitrogens with zero attached hydrogens (tertiary/aromatic N) is 2. The number of nitrogens with one attached hydrogen (secondary N) is 4. The number of hydrogen-bond acceptors (Lipinski definition) is 9. The average molecular weight is 650 g/mol. The van der Waals surface area contributed by atoms with Gasteiger partial charge in [-0.05, 0) is 92.9 Å². The average Bonchev–Trinajstić information content (AvgIpc) is 2.90.